The molecule has 164 valence electrons. The van der Waals surface area contributed by atoms with Crippen molar-refractivity contribution in [3.8, 4) is 0 Å². The number of nitrogens with zero attached hydrogens (tertiary/aromatic N) is 3. The van der Waals surface area contributed by atoms with Gasteiger partial charge in [0.2, 0.25) is 21.9 Å². The van der Waals surface area contributed by atoms with Gasteiger partial charge in [0.15, 0.2) is 0 Å². The molecule has 2 aliphatic rings. The minimum atomic E-state index is -3.61. The van der Waals surface area contributed by atoms with Crippen molar-refractivity contribution in [3.05, 3.63) is 60.2 Å². The first-order chi connectivity index (χ1) is 14.9. The Bertz CT molecular complexity index is 1070. The summed E-state index contributed by atoms with van der Waals surface area (Å²) < 4.78 is 28.1. The van der Waals surface area contributed by atoms with Gasteiger partial charge >= 0.3 is 0 Å². The summed E-state index contributed by atoms with van der Waals surface area (Å²) in [4.78, 5) is 10.9. The van der Waals surface area contributed by atoms with Crippen molar-refractivity contribution >= 4 is 27.6 Å². The smallest absolute Gasteiger partial charge is 0.240 e. The van der Waals surface area contributed by atoms with Gasteiger partial charge in [0.05, 0.1) is 4.90 Å². The van der Waals surface area contributed by atoms with E-state index in [0.29, 0.717) is 13.0 Å². The van der Waals surface area contributed by atoms with Gasteiger partial charge in [-0.3, -0.25) is 4.90 Å². The van der Waals surface area contributed by atoms with Gasteiger partial charge in [0.25, 0.3) is 0 Å². The maximum atomic E-state index is 12.7. The molecular formula is C22H28N6O2S. The van der Waals surface area contributed by atoms with Crippen LogP contribution in [0.15, 0.2) is 69.5 Å². The van der Waals surface area contributed by atoms with Crippen LogP contribution >= 0.6 is 0 Å². The van der Waals surface area contributed by atoms with Crippen molar-refractivity contribution in [2.45, 2.75) is 49.1 Å². The monoisotopic (exact) mass is 440 g/mol. The lowest BCUT2D eigenvalue weighted by molar-refractivity contribution is 0.305. The first kappa shape index (κ1) is 21.3. The van der Waals surface area contributed by atoms with E-state index in [4.69, 9.17) is 11.5 Å². The second-order valence-corrected chi connectivity index (χ2v) is 9.71. The molecule has 5 N–H and O–H groups in total. The minimum Gasteiger partial charge on any atom is -0.369 e. The Kier molecular flexibility index (Phi) is 5.97. The van der Waals surface area contributed by atoms with Crippen molar-refractivity contribution in [1.29, 1.82) is 0 Å². The number of anilines is 1. The normalized spacial score (nSPS) is 18.5. The lowest BCUT2D eigenvalue weighted by Crippen LogP contribution is -2.58. The summed E-state index contributed by atoms with van der Waals surface area (Å²) in [5.41, 5.74) is 13.4. The van der Waals surface area contributed by atoms with Crippen LogP contribution in [0.5, 0.6) is 0 Å². The van der Waals surface area contributed by atoms with E-state index in [1.165, 1.54) is 0 Å². The maximum absolute atomic E-state index is 12.7. The SMILES string of the molecule is NC1=NC2(CCCCC2)N(c2ccc(S(=O)(=O)NCCc3ccccc3)cc2)C(N)=N1. The molecule has 1 fully saturated rings. The Balaban J connectivity index is 1.51. The molecule has 1 aliphatic heterocycles. The van der Waals surface area contributed by atoms with Crippen LogP contribution in [0.25, 0.3) is 0 Å². The van der Waals surface area contributed by atoms with E-state index in [1.807, 2.05) is 35.2 Å². The first-order valence-corrected chi connectivity index (χ1v) is 12.0. The zero-order chi connectivity index (χ0) is 21.9. The molecule has 8 nitrogen and oxygen atoms in total. The van der Waals surface area contributed by atoms with E-state index < -0.39 is 15.7 Å². The Labute approximate surface area is 183 Å². The third kappa shape index (κ3) is 4.57. The first-order valence-electron chi connectivity index (χ1n) is 10.5. The van der Waals surface area contributed by atoms with E-state index >= 15 is 0 Å². The average Bonchev–Trinajstić information content (AvgIpc) is 2.75. The highest BCUT2D eigenvalue weighted by molar-refractivity contribution is 7.89. The topological polar surface area (TPSA) is 126 Å². The lowest BCUT2D eigenvalue weighted by Gasteiger charge is -2.45. The van der Waals surface area contributed by atoms with Gasteiger partial charge in [-0.2, -0.15) is 4.99 Å². The van der Waals surface area contributed by atoms with Gasteiger partial charge in [0, 0.05) is 12.2 Å². The molecule has 31 heavy (non-hydrogen) atoms. The minimum absolute atomic E-state index is 0.192. The van der Waals surface area contributed by atoms with E-state index in [-0.39, 0.29) is 16.8 Å². The maximum Gasteiger partial charge on any atom is 0.240 e. The summed E-state index contributed by atoms with van der Waals surface area (Å²) in [7, 11) is -3.61. The molecule has 0 aromatic heterocycles. The van der Waals surface area contributed by atoms with Crippen molar-refractivity contribution in [2.24, 2.45) is 21.5 Å². The molecular weight excluding hydrogens is 412 g/mol. The average molecular weight is 441 g/mol. The predicted molar refractivity (Wildman–Crippen MR) is 123 cm³/mol. The number of aliphatic imine (C=N–C) groups is 2. The molecule has 1 spiro atoms. The number of nitrogens with two attached hydrogens (primary N) is 2. The summed E-state index contributed by atoms with van der Waals surface area (Å²) >= 11 is 0. The summed E-state index contributed by atoms with van der Waals surface area (Å²) in [5.74, 6) is 0.475. The molecule has 4 rings (SSSR count). The van der Waals surface area contributed by atoms with Crippen LogP contribution in [-0.2, 0) is 16.4 Å². The Morgan fingerprint density at radius 1 is 0.968 bits per heavy atom. The second-order valence-electron chi connectivity index (χ2n) is 7.95. The van der Waals surface area contributed by atoms with Gasteiger partial charge in [0.1, 0.15) is 5.66 Å². The number of guanidine groups is 2. The van der Waals surface area contributed by atoms with Gasteiger partial charge in [-0.1, -0.05) is 36.8 Å². The molecule has 0 unspecified atom stereocenters. The number of benzene rings is 2. The van der Waals surface area contributed by atoms with Crippen molar-refractivity contribution in [2.75, 3.05) is 11.4 Å². The van der Waals surface area contributed by atoms with Crippen LogP contribution in [-0.4, -0.2) is 32.5 Å². The second kappa shape index (κ2) is 8.68. The Morgan fingerprint density at radius 3 is 2.32 bits per heavy atom. The molecule has 2 aromatic carbocycles. The highest BCUT2D eigenvalue weighted by atomic mass is 32.2. The largest absolute Gasteiger partial charge is 0.369 e. The fourth-order valence-electron chi connectivity index (χ4n) is 4.33. The fourth-order valence-corrected chi connectivity index (χ4v) is 5.36. The molecule has 2 aromatic rings. The molecule has 0 radical (unpaired) electrons. The number of nitrogens with one attached hydrogen (secondary N) is 1. The predicted octanol–water partition coefficient (Wildman–Crippen LogP) is 2.32. The highest BCUT2D eigenvalue weighted by Gasteiger charge is 2.42. The molecule has 0 bridgehead atoms. The number of hydrogen-bond acceptors (Lipinski definition) is 7. The molecule has 0 amide bonds. The third-order valence-electron chi connectivity index (χ3n) is 5.81. The van der Waals surface area contributed by atoms with Crippen molar-refractivity contribution < 1.29 is 8.42 Å². The summed E-state index contributed by atoms with van der Waals surface area (Å²) in [6.07, 6.45) is 5.47. The van der Waals surface area contributed by atoms with Crippen LogP contribution in [0.3, 0.4) is 0 Å². The lowest BCUT2D eigenvalue weighted by atomic mass is 9.87. The van der Waals surface area contributed by atoms with Gasteiger partial charge in [-0.25, -0.2) is 18.1 Å². The summed E-state index contributed by atoms with van der Waals surface area (Å²) in [6, 6.07) is 16.4. The number of hydrogen-bond donors (Lipinski definition) is 3. The number of rotatable bonds is 6. The van der Waals surface area contributed by atoms with Crippen LogP contribution in [0.2, 0.25) is 0 Å². The highest BCUT2D eigenvalue weighted by Crippen LogP contribution is 2.39. The quantitative estimate of drug-likeness (QED) is 0.635. The van der Waals surface area contributed by atoms with E-state index in [2.05, 4.69) is 14.7 Å². The van der Waals surface area contributed by atoms with Gasteiger partial charge in [-0.05, 0) is 61.9 Å². The summed E-state index contributed by atoms with van der Waals surface area (Å²) in [6.45, 7) is 0.330. The van der Waals surface area contributed by atoms with Gasteiger partial charge < -0.3 is 11.5 Å². The van der Waals surface area contributed by atoms with E-state index in [9.17, 15) is 8.42 Å². The molecule has 0 saturated heterocycles. The van der Waals surface area contributed by atoms with Crippen LogP contribution in [0.4, 0.5) is 5.69 Å². The zero-order valence-corrected chi connectivity index (χ0v) is 18.2. The molecule has 1 saturated carbocycles. The number of sulfonamides is 1. The van der Waals surface area contributed by atoms with Crippen LogP contribution < -0.4 is 21.1 Å². The zero-order valence-electron chi connectivity index (χ0n) is 17.4. The third-order valence-corrected chi connectivity index (χ3v) is 7.28. The van der Waals surface area contributed by atoms with Gasteiger partial charge in [-0.15, -0.1) is 0 Å². The van der Waals surface area contributed by atoms with Crippen LogP contribution in [0.1, 0.15) is 37.7 Å². The molecule has 1 heterocycles. The van der Waals surface area contributed by atoms with E-state index in [0.717, 1.165) is 43.4 Å². The molecule has 1 aliphatic carbocycles. The standard InChI is InChI=1S/C22H28N6O2S/c23-20-26-21(24)28(22(27-20)14-5-2-6-15-22)18-9-11-19(12-10-18)31(29,30)25-16-13-17-7-3-1-4-8-17/h1,3-4,7-12,25H,2,5-6,13-16H2,(H4,23,24,26,27). The fraction of sp³-hybridized carbons (Fsp3) is 0.364. The van der Waals surface area contributed by atoms with Crippen LogP contribution in [0, 0.1) is 0 Å². The van der Waals surface area contributed by atoms with E-state index in [1.54, 1.807) is 24.3 Å². The molecule has 9 heteroatoms. The Morgan fingerprint density at radius 2 is 1.65 bits per heavy atom. The summed E-state index contributed by atoms with van der Waals surface area (Å²) in [5, 5.41) is 0. The van der Waals surface area contributed by atoms with Crippen molar-refractivity contribution in [1.82, 2.24) is 4.72 Å². The van der Waals surface area contributed by atoms with Crippen molar-refractivity contribution in [3.63, 3.8) is 0 Å². The Hall–Kier alpha value is -2.91. The molecule has 0 atom stereocenters.